The molecule has 23 heterocycles. The number of aliphatic hydroxyl groups is 20. The maximum atomic E-state index is 14.9. The fourth-order valence-electron chi connectivity index (χ4n) is 13.9. The standard InChI is InChI=1S/C62H98F2N5O45PS2/c1-66-18(52(92)67-5-3-28(75)96-13-29(76)97-17-99-115(94,95)98-12-24-51(91)62(63,64)60(107-24)69-6-4-27(65)68-61(69)93)14-117-16-26-50-36(83)43(90)59(106-26)112-48-23(11-74)102-55(39(86)32(48)79)108-44-19(7-70)100-53(37(84)30(44)77)109-45-20(8-71)103-56(40(87)33(45)80)113-49-25(15-116-2)105-58(42(89)35(49)82)111-47-22(10-73)101-54(38(85)31(47)78)110-46-21(9-72)104-57(114-50)41(88)34(46)81/h4,6,18-26,30-51,53-60,66,70-74,77-91H,3,5,7-17H2,1-2H3,(H,67,92)(H,94,95)(H2,65,68,93)/t18-,19?,20?,21?,22?,23?,24-,25?,26?,30-,31-,32-,33-,34-,35-,36-,37?,38?,39?,40?,41?,42?,43?,44-,45-,46-,47-,48-,49-,50-,51-,53-,54+,55-,56-,57+,58-,59-,60-/m1/s1. The van der Waals surface area contributed by atoms with E-state index in [-0.39, 0.29) is 17.3 Å². The maximum absolute atomic E-state index is 14.9. The van der Waals surface area contributed by atoms with Crippen molar-refractivity contribution in [3.63, 3.8) is 0 Å². The van der Waals surface area contributed by atoms with Gasteiger partial charge in [-0.15, -0.1) is 0 Å². The first-order chi connectivity index (χ1) is 55.5. The van der Waals surface area contributed by atoms with Crippen molar-refractivity contribution in [1.29, 1.82) is 0 Å². The molecule has 0 aromatic carbocycles. The number of phosphoric ester groups is 1. The average molecular weight is 1770 g/mol. The van der Waals surface area contributed by atoms with E-state index in [0.717, 1.165) is 35.8 Å². The maximum Gasteiger partial charge on any atom is 0.475 e. The van der Waals surface area contributed by atoms with Gasteiger partial charge in [-0.2, -0.15) is 37.3 Å². The second kappa shape index (κ2) is 41.9. The minimum atomic E-state index is -5.27. The lowest BCUT2D eigenvalue weighted by molar-refractivity contribution is -0.395. The van der Waals surface area contributed by atoms with E-state index in [1.807, 2.05) is 0 Å². The molecule has 50 nitrogen and oxygen atoms in total. The van der Waals surface area contributed by atoms with Crippen LogP contribution in [-0.4, -0.2) is 464 Å². The lowest BCUT2D eigenvalue weighted by atomic mass is 9.95. The van der Waals surface area contributed by atoms with E-state index in [4.69, 9.17) is 81.5 Å². The monoisotopic (exact) mass is 1770 g/mol. The van der Waals surface area contributed by atoms with Crippen molar-refractivity contribution in [2.24, 2.45) is 0 Å². The number of thioether (sulfide) groups is 2. The number of rotatable bonds is 25. The number of aliphatic hydroxyl groups excluding tert-OH is 20. The summed E-state index contributed by atoms with van der Waals surface area (Å²) in [5.41, 5.74) is 4.11. The highest BCUT2D eigenvalue weighted by Crippen LogP contribution is 2.48. The summed E-state index contributed by atoms with van der Waals surface area (Å²) in [6.07, 6.45) is -76.9. The van der Waals surface area contributed by atoms with Gasteiger partial charge in [0.25, 0.3) is 0 Å². The molecule has 1 amide bonds. The van der Waals surface area contributed by atoms with Gasteiger partial charge in [-0.25, -0.2) is 18.7 Å². The molecule has 25 N–H and O–H groups in total. The molecule has 117 heavy (non-hydrogen) atoms. The van der Waals surface area contributed by atoms with Gasteiger partial charge in [0.1, 0.15) is 171 Å². The molecule has 22 fully saturated rings. The number of phosphoric acid groups is 1. The van der Waals surface area contributed by atoms with E-state index in [1.165, 1.54) is 7.05 Å². The Kier molecular flexibility index (Phi) is 34.2. The first-order valence-corrected chi connectivity index (χ1v) is 40.3. The van der Waals surface area contributed by atoms with E-state index in [9.17, 15) is 140 Å². The van der Waals surface area contributed by atoms with Gasteiger partial charge in [-0.05, 0) is 19.4 Å². The Bertz CT molecular complexity index is 3460. The lowest BCUT2D eigenvalue weighted by Gasteiger charge is -2.50. The number of amides is 1. The Hall–Kier alpha value is -3.68. The number of nitrogens with two attached hydrogens (primary N) is 1. The van der Waals surface area contributed by atoms with E-state index in [2.05, 4.69) is 29.4 Å². The third-order valence-electron chi connectivity index (χ3n) is 20.3. The molecule has 0 spiro atoms. The molecular formula is C62H98F2N5O45PS2. The van der Waals surface area contributed by atoms with Gasteiger partial charge >= 0.3 is 31.4 Å². The Labute approximate surface area is 667 Å². The summed E-state index contributed by atoms with van der Waals surface area (Å²) >= 11 is 1.92. The van der Waals surface area contributed by atoms with Crippen LogP contribution in [-0.2, 0) is 109 Å². The van der Waals surface area contributed by atoms with Crippen LogP contribution in [0.4, 0.5) is 14.6 Å². The van der Waals surface area contributed by atoms with Gasteiger partial charge in [-0.3, -0.25) is 18.7 Å². The number of ether oxygens (including phenoxy) is 17. The van der Waals surface area contributed by atoms with Crippen LogP contribution in [0.15, 0.2) is 17.1 Å². The Morgan fingerprint density at radius 1 is 0.521 bits per heavy atom. The highest BCUT2D eigenvalue weighted by molar-refractivity contribution is 7.99. The van der Waals surface area contributed by atoms with Crippen LogP contribution in [0.2, 0.25) is 0 Å². The Morgan fingerprint density at radius 2 is 0.872 bits per heavy atom. The molecule has 672 valence electrons. The van der Waals surface area contributed by atoms with Crippen molar-refractivity contribution >= 4 is 55.0 Å². The van der Waals surface area contributed by atoms with Crippen molar-refractivity contribution < 1.29 is 224 Å². The second-order valence-electron chi connectivity index (χ2n) is 28.0. The average Bonchev–Trinajstić information content (AvgIpc) is 1.74. The number of aromatic nitrogens is 2. The number of anilines is 1. The molecule has 55 heteroatoms. The van der Waals surface area contributed by atoms with Gasteiger partial charge in [-0.1, -0.05) is 0 Å². The highest BCUT2D eigenvalue weighted by Gasteiger charge is 2.63. The molecule has 0 aliphatic carbocycles. The summed E-state index contributed by atoms with van der Waals surface area (Å²) in [7, 11) is -3.93. The van der Waals surface area contributed by atoms with Crippen LogP contribution < -0.4 is 22.1 Å². The number of nitrogens with zero attached hydrogens (tertiary/aromatic N) is 2. The van der Waals surface area contributed by atoms with Crippen molar-refractivity contribution in [2.75, 3.05) is 95.9 Å². The minimum absolute atomic E-state index is 0.114. The smallest absolute Gasteiger partial charge is 0.454 e. The molecule has 23 rings (SSSR count). The number of nitrogens with one attached hydrogen (secondary N) is 2. The number of alkyl halides is 2. The zero-order valence-corrected chi connectivity index (χ0v) is 64.1. The number of halogens is 2. The second-order valence-corrected chi connectivity index (χ2v) is 31.5. The largest absolute Gasteiger partial charge is 0.475 e. The highest BCUT2D eigenvalue weighted by atomic mass is 32.2. The number of carbonyl (C=O) groups excluding carboxylic acids is 3. The van der Waals surface area contributed by atoms with Gasteiger partial charge in [0.15, 0.2) is 56.7 Å². The number of hydrogen-bond donors (Lipinski definition) is 24. The molecule has 22 aliphatic rings. The Morgan fingerprint density at radius 3 is 1.21 bits per heavy atom. The quantitative estimate of drug-likeness (QED) is 0.0246. The van der Waals surface area contributed by atoms with E-state index < -0.39 is 348 Å². The minimum Gasteiger partial charge on any atom is -0.454 e. The van der Waals surface area contributed by atoms with Gasteiger partial charge in [0.05, 0.1) is 64.3 Å². The fourth-order valence-corrected chi connectivity index (χ4v) is 16.3. The number of nitrogen functional groups attached to an aromatic ring is 1. The van der Waals surface area contributed by atoms with Crippen LogP contribution in [0.25, 0.3) is 0 Å². The molecule has 1 aromatic heterocycles. The normalized spacial score (nSPS) is 44.2. The van der Waals surface area contributed by atoms with Gasteiger partial charge in [0.2, 0.25) is 18.9 Å². The molecule has 0 saturated carbocycles. The molecule has 22 aliphatic heterocycles. The van der Waals surface area contributed by atoms with E-state index in [1.54, 1.807) is 6.26 Å². The predicted octanol–water partition coefficient (Wildman–Crippen LogP) is -15.1. The molecule has 14 bridgehead atoms. The molecular weight excluding hydrogens is 1670 g/mol. The summed E-state index contributed by atoms with van der Waals surface area (Å²) in [5, 5.41) is 232. The molecule has 40 atom stereocenters. The SMILES string of the molecule is CN[C@H](CSCC1O[C@@H]2O[C@@H]3C(CO)O[C@H](O[C@@H]4C(CO)O[C@H](O[C@@H]5C(CO)O[C@H](O[C@@H]6C(CSC)O[C@H](O[C@@H]7C(CO)O[C@@H](O[C@@H]8C(CO)O[C@@H](O[C@H]1[C@H](O)C2O)C(O)[C@H]8O)C(O)[C@H]7O)C(O)[C@H]6O)C(O)[C@H]5O)C(O)[C@H]4O)C(O)[C@H]3O)C(=O)NCCC(=O)OCC(=O)OCOP(=O)(O)OC[C@H]1O[C@@H](n2ccc(N)nc2=O)C(F)(F)[C@@H]1O. The first-order valence-electron chi connectivity index (χ1n) is 36.2. The van der Waals surface area contributed by atoms with Crippen molar-refractivity contribution in [1.82, 2.24) is 20.2 Å². The number of hydrogen-bond acceptors (Lipinski definition) is 49. The first kappa shape index (κ1) is 95.5. The van der Waals surface area contributed by atoms with E-state index in [0.29, 0.717) is 4.57 Å². The lowest BCUT2D eigenvalue weighted by Crippen LogP contribution is -2.68. The zero-order valence-electron chi connectivity index (χ0n) is 61.5. The summed E-state index contributed by atoms with van der Waals surface area (Å²) in [6, 6.07) is -0.209. The van der Waals surface area contributed by atoms with Gasteiger partial charge in [0, 0.05) is 30.0 Å². The van der Waals surface area contributed by atoms with Crippen molar-refractivity contribution in [3.05, 3.63) is 22.7 Å². The van der Waals surface area contributed by atoms with Crippen LogP contribution in [0, 0.1) is 0 Å². The van der Waals surface area contributed by atoms with Crippen molar-refractivity contribution in [3.8, 4) is 0 Å². The third-order valence-corrected chi connectivity index (χ3v) is 23.0. The topological polar surface area (TPSA) is 753 Å². The summed E-state index contributed by atoms with van der Waals surface area (Å²) < 4.78 is 149. The Balaban J connectivity index is 0.808. The molecule has 0 radical (unpaired) electrons. The number of carbonyl (C=O) groups is 3. The van der Waals surface area contributed by atoms with Crippen LogP contribution >= 0.6 is 31.3 Å². The molecule has 22 saturated heterocycles. The number of likely N-dealkylation sites (N-methyl/N-ethyl adjacent to an activating group) is 1. The third kappa shape index (κ3) is 21.8. The molecule has 1 aromatic rings. The fraction of sp³-hybridized carbons (Fsp3) is 0.887. The summed E-state index contributed by atoms with van der Waals surface area (Å²) in [6.45, 7) is -9.66. The number of esters is 2. The van der Waals surface area contributed by atoms with Crippen LogP contribution in [0.3, 0.4) is 0 Å². The summed E-state index contributed by atoms with van der Waals surface area (Å²) in [4.78, 5) is 64.0. The van der Waals surface area contributed by atoms with E-state index >= 15 is 0 Å². The zero-order chi connectivity index (χ0) is 85.6. The predicted molar refractivity (Wildman–Crippen MR) is 367 cm³/mol. The van der Waals surface area contributed by atoms with Crippen LogP contribution in [0.1, 0.15) is 12.6 Å². The van der Waals surface area contributed by atoms with Crippen LogP contribution in [0.5, 0.6) is 0 Å². The van der Waals surface area contributed by atoms with Gasteiger partial charge < -0.3 is 204 Å². The summed E-state index contributed by atoms with van der Waals surface area (Å²) in [5.74, 6) is -8.60. The van der Waals surface area contributed by atoms with Crippen molar-refractivity contribution in [2.45, 2.75) is 252 Å². The molecule has 15 unspecified atom stereocenters.